The van der Waals surface area contributed by atoms with Gasteiger partial charge in [0, 0.05) is 5.69 Å². The van der Waals surface area contributed by atoms with Gasteiger partial charge >= 0.3 is 5.97 Å². The van der Waals surface area contributed by atoms with Crippen LogP contribution in [0.2, 0.25) is 0 Å². The number of alkyl halides is 1. The number of aromatic nitrogens is 3. The molecule has 2 rings (SSSR count). The molecule has 0 amide bonds. The molecule has 0 unspecified atom stereocenters. The summed E-state index contributed by atoms with van der Waals surface area (Å²) in [6, 6.07) is 1.87. The highest BCUT2D eigenvalue weighted by molar-refractivity contribution is 6.16. The largest absolute Gasteiger partial charge is 0.465 e. The van der Waals surface area contributed by atoms with Crippen LogP contribution in [0.3, 0.4) is 0 Å². The van der Waals surface area contributed by atoms with Crippen molar-refractivity contribution in [2.24, 2.45) is 0 Å². The number of ether oxygens (including phenoxy) is 1. The second kappa shape index (κ2) is 4.33. The number of carbonyl (C=O) groups excluding carboxylic acids is 1. The average Bonchev–Trinajstić information content (AvgIpc) is 2.72. The molecule has 0 aliphatic carbocycles. The first-order valence-electron chi connectivity index (χ1n) is 5.08. The Bertz CT molecular complexity index is 592. The van der Waals surface area contributed by atoms with Crippen LogP contribution in [0.4, 0.5) is 0 Å². The molecule has 0 bridgehead atoms. The maximum Gasteiger partial charge on any atom is 0.341 e. The van der Waals surface area contributed by atoms with E-state index in [2.05, 4.69) is 10.1 Å². The fourth-order valence-electron chi connectivity index (χ4n) is 1.80. The lowest BCUT2D eigenvalue weighted by Crippen LogP contribution is -2.09. The quantitative estimate of drug-likeness (QED) is 0.606. The van der Waals surface area contributed by atoms with Gasteiger partial charge in [0.25, 0.3) is 0 Å². The third kappa shape index (κ3) is 1.86. The lowest BCUT2D eigenvalue weighted by Gasteiger charge is -2.07. The lowest BCUT2D eigenvalue weighted by atomic mass is 10.1. The van der Waals surface area contributed by atoms with Crippen molar-refractivity contribution in [3.8, 4) is 0 Å². The van der Waals surface area contributed by atoms with Gasteiger partial charge in [-0.25, -0.2) is 14.3 Å². The first-order chi connectivity index (χ1) is 8.08. The number of pyridine rings is 1. The minimum Gasteiger partial charge on any atom is -0.465 e. The first kappa shape index (κ1) is 11.9. The molecule has 2 heterocycles. The summed E-state index contributed by atoms with van der Waals surface area (Å²) in [5, 5.41) is 4.22. The molecule has 0 radical (unpaired) electrons. The van der Waals surface area contributed by atoms with Gasteiger partial charge in [-0.15, -0.1) is 16.7 Å². The van der Waals surface area contributed by atoms with Gasteiger partial charge in [-0.05, 0) is 25.5 Å². The van der Waals surface area contributed by atoms with Crippen molar-refractivity contribution >= 4 is 23.2 Å². The first-order valence-corrected chi connectivity index (χ1v) is 5.62. The molecule has 0 aliphatic rings. The van der Waals surface area contributed by atoms with Crippen LogP contribution >= 0.6 is 11.6 Å². The standard InChI is InChI=1S/C11H12ClN3O2/c1-6-4-7(2)15-10(9(6)11(16)17-3)13-8(5-12)14-15/h4H,5H2,1-3H3. The van der Waals surface area contributed by atoms with Crippen LogP contribution < -0.4 is 0 Å². The molecule has 0 aromatic carbocycles. The van der Waals surface area contributed by atoms with Crippen molar-refractivity contribution in [1.82, 2.24) is 14.6 Å². The zero-order valence-corrected chi connectivity index (χ0v) is 10.6. The predicted octanol–water partition coefficient (Wildman–Crippen LogP) is 1.87. The van der Waals surface area contributed by atoms with Crippen LogP contribution in [-0.4, -0.2) is 27.7 Å². The SMILES string of the molecule is COC(=O)c1c(C)cc(C)n2nc(CCl)nc12. The number of hydrogen-bond acceptors (Lipinski definition) is 4. The van der Waals surface area contributed by atoms with Crippen LogP contribution in [0.15, 0.2) is 6.07 Å². The summed E-state index contributed by atoms with van der Waals surface area (Å²) in [5.41, 5.74) is 2.64. The molecule has 0 N–H and O–H groups in total. The van der Waals surface area contributed by atoms with Crippen molar-refractivity contribution in [2.75, 3.05) is 7.11 Å². The molecule has 5 nitrogen and oxygen atoms in total. The van der Waals surface area contributed by atoms with Gasteiger partial charge < -0.3 is 4.74 Å². The Morgan fingerprint density at radius 1 is 1.53 bits per heavy atom. The fourth-order valence-corrected chi connectivity index (χ4v) is 1.91. The number of esters is 1. The smallest absolute Gasteiger partial charge is 0.341 e. The van der Waals surface area contributed by atoms with Crippen LogP contribution in [0.5, 0.6) is 0 Å². The van der Waals surface area contributed by atoms with Crippen molar-refractivity contribution in [1.29, 1.82) is 0 Å². The van der Waals surface area contributed by atoms with E-state index in [4.69, 9.17) is 16.3 Å². The lowest BCUT2D eigenvalue weighted by molar-refractivity contribution is 0.0601. The minimum atomic E-state index is -0.416. The van der Waals surface area contributed by atoms with E-state index in [0.717, 1.165) is 11.3 Å². The van der Waals surface area contributed by atoms with Crippen LogP contribution in [0.25, 0.3) is 5.65 Å². The highest BCUT2D eigenvalue weighted by Crippen LogP contribution is 2.18. The molecule has 0 atom stereocenters. The van der Waals surface area contributed by atoms with E-state index >= 15 is 0 Å². The van der Waals surface area contributed by atoms with E-state index in [0.29, 0.717) is 17.0 Å². The Balaban J connectivity index is 2.81. The maximum absolute atomic E-state index is 11.7. The van der Waals surface area contributed by atoms with E-state index in [1.165, 1.54) is 7.11 Å². The number of fused-ring (bicyclic) bond motifs is 1. The summed E-state index contributed by atoms with van der Waals surface area (Å²) in [5.74, 6) is 0.285. The number of carbonyl (C=O) groups is 1. The van der Waals surface area contributed by atoms with E-state index < -0.39 is 5.97 Å². The summed E-state index contributed by atoms with van der Waals surface area (Å²) in [7, 11) is 1.34. The number of nitrogens with zero attached hydrogens (tertiary/aromatic N) is 3. The molecule has 0 saturated carbocycles. The average molecular weight is 254 g/mol. The van der Waals surface area contributed by atoms with Gasteiger partial charge in [-0.3, -0.25) is 0 Å². The number of aryl methyl sites for hydroxylation is 2. The summed E-state index contributed by atoms with van der Waals surface area (Å²) >= 11 is 5.70. The number of hydrogen-bond donors (Lipinski definition) is 0. The Hall–Kier alpha value is -1.62. The molecule has 0 fully saturated rings. The van der Waals surface area contributed by atoms with E-state index in [1.807, 2.05) is 19.9 Å². The van der Waals surface area contributed by atoms with E-state index in [1.54, 1.807) is 4.52 Å². The van der Waals surface area contributed by atoms with Crippen LogP contribution in [0.1, 0.15) is 27.4 Å². The van der Waals surface area contributed by atoms with Crippen molar-refractivity contribution in [3.63, 3.8) is 0 Å². The van der Waals surface area contributed by atoms with Gasteiger partial charge in [0.2, 0.25) is 0 Å². The molecule has 17 heavy (non-hydrogen) atoms. The van der Waals surface area contributed by atoms with Gasteiger partial charge in [-0.1, -0.05) is 0 Å². The van der Waals surface area contributed by atoms with Gasteiger partial charge in [0.05, 0.1) is 13.0 Å². The van der Waals surface area contributed by atoms with Gasteiger partial charge in [0.1, 0.15) is 5.56 Å². The van der Waals surface area contributed by atoms with Crippen molar-refractivity contribution in [2.45, 2.75) is 19.7 Å². The Kier molecular flexibility index (Phi) is 3.02. The normalized spacial score (nSPS) is 10.8. The van der Waals surface area contributed by atoms with Gasteiger partial charge in [0.15, 0.2) is 11.5 Å². The highest BCUT2D eigenvalue weighted by atomic mass is 35.5. The highest BCUT2D eigenvalue weighted by Gasteiger charge is 2.18. The zero-order valence-electron chi connectivity index (χ0n) is 9.82. The molecule has 2 aromatic rings. The summed E-state index contributed by atoms with van der Waals surface area (Å²) < 4.78 is 6.36. The van der Waals surface area contributed by atoms with Crippen LogP contribution in [-0.2, 0) is 10.6 Å². The molecule has 0 saturated heterocycles. The topological polar surface area (TPSA) is 56.5 Å². The second-order valence-corrected chi connectivity index (χ2v) is 4.00. The molecular weight excluding hydrogens is 242 g/mol. The number of methoxy groups -OCH3 is 1. The number of rotatable bonds is 2. The molecule has 90 valence electrons. The Labute approximate surface area is 103 Å². The van der Waals surface area contributed by atoms with E-state index in [9.17, 15) is 4.79 Å². The van der Waals surface area contributed by atoms with Crippen LogP contribution in [0, 0.1) is 13.8 Å². The van der Waals surface area contributed by atoms with Crippen molar-refractivity contribution in [3.05, 3.63) is 28.7 Å². The fraction of sp³-hybridized carbons (Fsp3) is 0.364. The van der Waals surface area contributed by atoms with E-state index in [-0.39, 0.29) is 5.88 Å². The summed E-state index contributed by atoms with van der Waals surface area (Å²) in [4.78, 5) is 16.0. The Morgan fingerprint density at radius 3 is 2.82 bits per heavy atom. The number of halogens is 1. The van der Waals surface area contributed by atoms with Gasteiger partial charge in [-0.2, -0.15) is 0 Å². The summed E-state index contributed by atoms with van der Waals surface area (Å²) in [6.07, 6.45) is 0. The molecule has 0 aliphatic heterocycles. The summed E-state index contributed by atoms with van der Waals surface area (Å²) in [6.45, 7) is 3.74. The Morgan fingerprint density at radius 2 is 2.24 bits per heavy atom. The zero-order chi connectivity index (χ0) is 12.6. The predicted molar refractivity (Wildman–Crippen MR) is 63.4 cm³/mol. The molecule has 6 heteroatoms. The maximum atomic E-state index is 11.7. The second-order valence-electron chi connectivity index (χ2n) is 3.73. The molecular formula is C11H12ClN3O2. The molecule has 2 aromatic heterocycles. The molecule has 0 spiro atoms. The van der Waals surface area contributed by atoms with Crippen molar-refractivity contribution < 1.29 is 9.53 Å². The minimum absolute atomic E-state index is 0.209. The third-order valence-electron chi connectivity index (χ3n) is 2.54. The third-order valence-corrected chi connectivity index (χ3v) is 2.78. The monoisotopic (exact) mass is 253 g/mol.